The molecule has 0 aliphatic carbocycles. The Balaban J connectivity index is 1.62. The maximum Gasteiger partial charge on any atom is 0.338 e. The fourth-order valence-corrected chi connectivity index (χ4v) is 3.75. The van der Waals surface area contributed by atoms with E-state index in [1.807, 2.05) is 0 Å². The number of benzene rings is 2. The van der Waals surface area contributed by atoms with Gasteiger partial charge < -0.3 is 19.3 Å². The highest BCUT2D eigenvalue weighted by Gasteiger charge is 2.56. The van der Waals surface area contributed by atoms with Crippen LogP contribution in [0.3, 0.4) is 0 Å². The number of carbonyl (C=O) groups is 2. The molecule has 34 heavy (non-hydrogen) atoms. The second-order valence-electron chi connectivity index (χ2n) is 7.93. The van der Waals surface area contributed by atoms with Crippen LogP contribution in [0.1, 0.15) is 33.9 Å². The highest BCUT2D eigenvalue weighted by molar-refractivity contribution is 5.90. The molecule has 1 aliphatic heterocycles. The molecule has 1 saturated heterocycles. The summed E-state index contributed by atoms with van der Waals surface area (Å²) in [5, 5.41) is 11.3. The zero-order chi connectivity index (χ0) is 24.3. The zero-order valence-corrected chi connectivity index (χ0v) is 18.1. The summed E-state index contributed by atoms with van der Waals surface area (Å²) in [5.41, 5.74) is -2.83. The van der Waals surface area contributed by atoms with Gasteiger partial charge in [0.2, 0.25) is 0 Å². The molecule has 10 heteroatoms. The molecule has 0 amide bonds. The summed E-state index contributed by atoms with van der Waals surface area (Å²) in [6.45, 7) is 0.961. The highest BCUT2D eigenvalue weighted by atomic mass is 16.6. The van der Waals surface area contributed by atoms with Crippen molar-refractivity contribution in [2.24, 2.45) is 0 Å². The molecule has 0 saturated carbocycles. The quantitative estimate of drug-likeness (QED) is 0.518. The molecule has 4 atom stereocenters. The molecule has 0 bridgehead atoms. The molecular formula is C24H22N2O8. The van der Waals surface area contributed by atoms with E-state index in [1.54, 1.807) is 60.7 Å². The SMILES string of the molecule is CC1(O)[C@H](OC(=O)c2ccccc2)[C@@H](COC(=O)c2ccccc2)O[C@H]1n1ccc(=O)[nH]c1=O. The molecule has 2 aromatic carbocycles. The first-order valence-electron chi connectivity index (χ1n) is 10.4. The molecule has 1 fully saturated rings. The van der Waals surface area contributed by atoms with Crippen molar-refractivity contribution in [3.05, 3.63) is 105 Å². The zero-order valence-electron chi connectivity index (χ0n) is 18.1. The molecule has 0 radical (unpaired) electrons. The molecule has 2 heterocycles. The van der Waals surface area contributed by atoms with Gasteiger partial charge >= 0.3 is 17.6 Å². The average molecular weight is 466 g/mol. The van der Waals surface area contributed by atoms with E-state index < -0.39 is 47.2 Å². The van der Waals surface area contributed by atoms with Crippen LogP contribution in [0, 0.1) is 0 Å². The largest absolute Gasteiger partial charge is 0.459 e. The number of rotatable bonds is 6. The molecule has 4 rings (SSSR count). The van der Waals surface area contributed by atoms with Crippen LogP contribution in [0.15, 0.2) is 82.5 Å². The highest BCUT2D eigenvalue weighted by Crippen LogP contribution is 2.39. The van der Waals surface area contributed by atoms with Crippen LogP contribution in [-0.4, -0.2) is 51.0 Å². The predicted molar refractivity (Wildman–Crippen MR) is 118 cm³/mol. The number of ether oxygens (including phenoxy) is 3. The summed E-state index contributed by atoms with van der Waals surface area (Å²) < 4.78 is 17.8. The Morgan fingerprint density at radius 3 is 2.18 bits per heavy atom. The van der Waals surface area contributed by atoms with Gasteiger partial charge in [-0.15, -0.1) is 0 Å². The van der Waals surface area contributed by atoms with Crippen molar-refractivity contribution in [2.45, 2.75) is 31.0 Å². The Kier molecular flexibility index (Phi) is 6.44. The first kappa shape index (κ1) is 23.1. The molecule has 1 aromatic heterocycles. The van der Waals surface area contributed by atoms with E-state index in [0.717, 1.165) is 16.8 Å². The Bertz CT molecular complexity index is 1280. The Morgan fingerprint density at radius 2 is 1.59 bits per heavy atom. The first-order chi connectivity index (χ1) is 16.3. The number of H-pyrrole nitrogens is 1. The van der Waals surface area contributed by atoms with E-state index in [1.165, 1.54) is 6.92 Å². The standard InChI is InChI=1S/C24H22N2O8/c1-24(31)19(34-21(29)16-10-6-3-7-11-16)17(14-32-20(28)15-8-4-2-5-9-15)33-22(24)26-13-12-18(27)25-23(26)30/h2-13,17,19,22,31H,14H2,1H3,(H,25,27,30)/t17-,19-,22-,24?/m1/s1. The topological polar surface area (TPSA) is 137 Å². The van der Waals surface area contributed by atoms with Gasteiger partial charge in [0.1, 0.15) is 18.3 Å². The number of hydrogen-bond donors (Lipinski definition) is 2. The Labute approximate surface area is 193 Å². The lowest BCUT2D eigenvalue weighted by Crippen LogP contribution is -2.49. The van der Waals surface area contributed by atoms with E-state index in [2.05, 4.69) is 4.98 Å². The second kappa shape index (κ2) is 9.46. The lowest BCUT2D eigenvalue weighted by Gasteiger charge is -2.30. The number of carbonyl (C=O) groups excluding carboxylic acids is 2. The monoisotopic (exact) mass is 466 g/mol. The van der Waals surface area contributed by atoms with E-state index in [9.17, 15) is 24.3 Å². The van der Waals surface area contributed by atoms with E-state index in [-0.39, 0.29) is 12.2 Å². The van der Waals surface area contributed by atoms with Crippen LogP contribution in [0.5, 0.6) is 0 Å². The minimum atomic E-state index is -1.92. The molecule has 0 spiro atoms. The van der Waals surface area contributed by atoms with Crippen molar-refractivity contribution in [1.29, 1.82) is 0 Å². The summed E-state index contributed by atoms with van der Waals surface area (Å²) in [6.07, 6.45) is -2.60. The molecule has 1 aliphatic rings. The van der Waals surface area contributed by atoms with Crippen molar-refractivity contribution >= 4 is 11.9 Å². The number of aliphatic hydroxyl groups is 1. The molecule has 3 aromatic rings. The van der Waals surface area contributed by atoms with Crippen molar-refractivity contribution in [3.8, 4) is 0 Å². The van der Waals surface area contributed by atoms with E-state index in [4.69, 9.17) is 14.2 Å². The van der Waals surface area contributed by atoms with Gasteiger partial charge in [0.25, 0.3) is 5.56 Å². The third-order valence-electron chi connectivity index (χ3n) is 5.45. The number of hydrogen-bond acceptors (Lipinski definition) is 8. The number of nitrogens with zero attached hydrogens (tertiary/aromatic N) is 1. The minimum Gasteiger partial charge on any atom is -0.459 e. The minimum absolute atomic E-state index is 0.239. The summed E-state index contributed by atoms with van der Waals surface area (Å²) in [7, 11) is 0. The van der Waals surface area contributed by atoms with Crippen molar-refractivity contribution < 1.29 is 28.9 Å². The normalized spacial score (nSPS) is 23.9. The summed E-state index contributed by atoms with van der Waals surface area (Å²) in [4.78, 5) is 51.0. The number of esters is 2. The first-order valence-corrected chi connectivity index (χ1v) is 10.4. The number of aromatic amines is 1. The summed E-state index contributed by atoms with van der Waals surface area (Å²) in [5.74, 6) is -1.37. The van der Waals surface area contributed by atoms with Crippen LogP contribution in [0.2, 0.25) is 0 Å². The Morgan fingerprint density at radius 1 is 1.00 bits per heavy atom. The molecule has 10 nitrogen and oxygen atoms in total. The molecule has 1 unspecified atom stereocenters. The lowest BCUT2D eigenvalue weighted by molar-refractivity contribution is -0.101. The van der Waals surface area contributed by atoms with Gasteiger partial charge in [-0.2, -0.15) is 0 Å². The predicted octanol–water partition coefficient (Wildman–Crippen LogP) is 1.27. The number of nitrogens with one attached hydrogen (secondary N) is 1. The maximum absolute atomic E-state index is 12.7. The van der Waals surface area contributed by atoms with Crippen molar-refractivity contribution in [2.75, 3.05) is 6.61 Å². The van der Waals surface area contributed by atoms with Gasteiger partial charge in [-0.1, -0.05) is 36.4 Å². The van der Waals surface area contributed by atoms with Gasteiger partial charge in [0.05, 0.1) is 11.1 Å². The van der Waals surface area contributed by atoms with E-state index in [0.29, 0.717) is 5.56 Å². The molecule has 176 valence electrons. The summed E-state index contributed by atoms with van der Waals surface area (Å²) in [6, 6.07) is 17.5. The van der Waals surface area contributed by atoms with Gasteiger partial charge in [0.15, 0.2) is 12.3 Å². The van der Waals surface area contributed by atoms with Gasteiger partial charge in [-0.05, 0) is 31.2 Å². The van der Waals surface area contributed by atoms with Gasteiger partial charge in [-0.3, -0.25) is 14.3 Å². The number of aromatic nitrogens is 2. The maximum atomic E-state index is 12.7. The third-order valence-corrected chi connectivity index (χ3v) is 5.45. The molecule has 2 N–H and O–H groups in total. The van der Waals surface area contributed by atoms with Crippen LogP contribution in [0.25, 0.3) is 0 Å². The van der Waals surface area contributed by atoms with E-state index >= 15 is 0 Å². The Hall–Kier alpha value is -4.02. The van der Waals surface area contributed by atoms with Crippen LogP contribution in [0.4, 0.5) is 0 Å². The smallest absolute Gasteiger partial charge is 0.338 e. The van der Waals surface area contributed by atoms with Gasteiger partial charge in [-0.25, -0.2) is 14.4 Å². The lowest BCUT2D eigenvalue weighted by atomic mass is 9.96. The van der Waals surface area contributed by atoms with Crippen LogP contribution in [-0.2, 0) is 14.2 Å². The fraction of sp³-hybridized carbons (Fsp3) is 0.250. The third kappa shape index (κ3) is 4.68. The van der Waals surface area contributed by atoms with Crippen molar-refractivity contribution in [1.82, 2.24) is 9.55 Å². The average Bonchev–Trinajstić information content (AvgIpc) is 3.08. The van der Waals surface area contributed by atoms with Crippen LogP contribution >= 0.6 is 0 Å². The van der Waals surface area contributed by atoms with Crippen molar-refractivity contribution in [3.63, 3.8) is 0 Å². The molecular weight excluding hydrogens is 444 g/mol. The fourth-order valence-electron chi connectivity index (χ4n) is 3.75. The summed E-state index contributed by atoms with van der Waals surface area (Å²) >= 11 is 0. The second-order valence-corrected chi connectivity index (χ2v) is 7.93. The van der Waals surface area contributed by atoms with Gasteiger partial charge in [0, 0.05) is 12.3 Å². The van der Waals surface area contributed by atoms with Crippen LogP contribution < -0.4 is 11.2 Å².